The molecule has 26 heavy (non-hydrogen) atoms. The fourth-order valence-electron chi connectivity index (χ4n) is 2.38. The van der Waals surface area contributed by atoms with Gasteiger partial charge in [0.15, 0.2) is 0 Å². The maximum Gasteiger partial charge on any atom is 0.233 e. The van der Waals surface area contributed by atoms with E-state index in [2.05, 4.69) is 15.5 Å². The molecule has 0 N–H and O–H groups in total. The van der Waals surface area contributed by atoms with Gasteiger partial charge >= 0.3 is 0 Å². The first-order chi connectivity index (χ1) is 12.5. The van der Waals surface area contributed by atoms with Crippen LogP contribution in [-0.2, 0) is 11.3 Å². The third kappa shape index (κ3) is 4.25. The highest BCUT2D eigenvalue weighted by Gasteiger charge is 2.16. The number of hydrogen-bond acceptors (Lipinski definition) is 6. The smallest absolute Gasteiger partial charge is 0.233 e. The van der Waals surface area contributed by atoms with Crippen molar-refractivity contribution in [2.45, 2.75) is 25.5 Å². The predicted molar refractivity (Wildman–Crippen MR) is 105 cm³/mol. The molecule has 2 aromatic heterocycles. The summed E-state index contributed by atoms with van der Waals surface area (Å²) in [6, 6.07) is 9.76. The molecule has 136 valence electrons. The number of halogens is 1. The minimum atomic E-state index is 0.00929. The maximum absolute atomic E-state index is 12.4. The largest absolute Gasteiger partial charge is 0.340 e. The summed E-state index contributed by atoms with van der Waals surface area (Å²) in [4.78, 5) is 15.2. The fourth-order valence-corrected chi connectivity index (χ4v) is 4.35. The molecule has 0 fully saturated rings. The number of thiophene rings is 1. The molecule has 0 aliphatic rings. The Hall–Kier alpha value is -1.90. The van der Waals surface area contributed by atoms with Gasteiger partial charge in [-0.25, -0.2) is 0 Å². The van der Waals surface area contributed by atoms with Crippen molar-refractivity contribution in [3.8, 4) is 5.69 Å². The molecule has 1 amide bonds. The van der Waals surface area contributed by atoms with Crippen LogP contribution in [0.4, 0.5) is 0 Å². The molecule has 0 bridgehead atoms. The molecule has 0 radical (unpaired) electrons. The fraction of sp³-hybridized carbons (Fsp3) is 0.294. The summed E-state index contributed by atoms with van der Waals surface area (Å²) in [5.41, 5.74) is 3.20. The van der Waals surface area contributed by atoms with Crippen LogP contribution in [-0.4, -0.2) is 43.8 Å². The van der Waals surface area contributed by atoms with Crippen molar-refractivity contribution in [3.05, 3.63) is 50.7 Å². The second-order valence-electron chi connectivity index (χ2n) is 5.84. The van der Waals surface area contributed by atoms with Crippen LogP contribution >= 0.6 is 34.7 Å². The molecule has 2 heterocycles. The highest BCUT2D eigenvalue weighted by molar-refractivity contribution is 7.99. The van der Waals surface area contributed by atoms with E-state index in [0.717, 1.165) is 20.5 Å². The Morgan fingerprint density at radius 1 is 1.31 bits per heavy atom. The zero-order chi connectivity index (χ0) is 18.7. The lowest BCUT2D eigenvalue weighted by atomic mass is 10.1. The Kier molecular flexibility index (Phi) is 5.95. The van der Waals surface area contributed by atoms with E-state index in [1.807, 2.05) is 44.2 Å². The van der Waals surface area contributed by atoms with Gasteiger partial charge in [0.25, 0.3) is 0 Å². The van der Waals surface area contributed by atoms with E-state index < -0.39 is 0 Å². The zero-order valence-electron chi connectivity index (χ0n) is 14.6. The molecule has 0 saturated heterocycles. The molecule has 0 aliphatic carbocycles. The number of carbonyl (C=O) groups excluding carboxylic acids is 1. The number of hydrogen-bond donors (Lipinski definition) is 0. The van der Waals surface area contributed by atoms with Gasteiger partial charge in [0, 0.05) is 11.9 Å². The lowest BCUT2D eigenvalue weighted by Crippen LogP contribution is -2.27. The first-order valence-electron chi connectivity index (χ1n) is 7.91. The normalized spacial score (nSPS) is 10.9. The summed E-state index contributed by atoms with van der Waals surface area (Å²) in [7, 11) is 1.78. The lowest BCUT2D eigenvalue weighted by Gasteiger charge is -2.16. The second-order valence-corrected chi connectivity index (χ2v) is 8.58. The Morgan fingerprint density at radius 3 is 2.85 bits per heavy atom. The maximum atomic E-state index is 12.4. The topological polar surface area (TPSA) is 63.9 Å². The number of aryl methyl sites for hydroxylation is 1. The molecule has 9 heteroatoms. The summed E-state index contributed by atoms with van der Waals surface area (Å²) in [5, 5.41) is 12.5. The molecular formula is C17H18ClN5OS2. The van der Waals surface area contributed by atoms with E-state index >= 15 is 0 Å². The SMILES string of the molecule is Cc1cccc(-n2nnnc2SCC(=O)N(C)Cc2ccc(Cl)s2)c1C. The van der Waals surface area contributed by atoms with Crippen molar-refractivity contribution in [1.82, 2.24) is 25.1 Å². The summed E-state index contributed by atoms with van der Waals surface area (Å²) in [5.74, 6) is 0.274. The summed E-state index contributed by atoms with van der Waals surface area (Å²) < 4.78 is 2.40. The third-order valence-electron chi connectivity index (χ3n) is 4.02. The zero-order valence-corrected chi connectivity index (χ0v) is 17.0. The highest BCUT2D eigenvalue weighted by Crippen LogP contribution is 2.24. The average Bonchev–Trinajstić information content (AvgIpc) is 3.24. The minimum absolute atomic E-state index is 0.00929. The van der Waals surface area contributed by atoms with Gasteiger partial charge in [0.1, 0.15) is 0 Å². The Balaban J connectivity index is 1.66. The first kappa shape index (κ1) is 18.9. The monoisotopic (exact) mass is 407 g/mol. The van der Waals surface area contributed by atoms with Crippen molar-refractivity contribution < 1.29 is 4.79 Å². The van der Waals surface area contributed by atoms with Crippen molar-refractivity contribution in [3.63, 3.8) is 0 Å². The number of nitrogens with zero attached hydrogens (tertiary/aromatic N) is 5. The van der Waals surface area contributed by atoms with Crippen molar-refractivity contribution in [2.24, 2.45) is 0 Å². The minimum Gasteiger partial charge on any atom is -0.340 e. The van der Waals surface area contributed by atoms with Crippen LogP contribution in [0.15, 0.2) is 35.5 Å². The summed E-state index contributed by atoms with van der Waals surface area (Å²) in [6.45, 7) is 4.62. The van der Waals surface area contributed by atoms with Crippen LogP contribution < -0.4 is 0 Å². The molecule has 1 aromatic carbocycles. The van der Waals surface area contributed by atoms with E-state index in [0.29, 0.717) is 11.7 Å². The highest BCUT2D eigenvalue weighted by atomic mass is 35.5. The number of amides is 1. The van der Waals surface area contributed by atoms with Gasteiger partial charge in [-0.2, -0.15) is 4.68 Å². The standard InChI is InChI=1S/C17H18ClN5OS2/c1-11-5-4-6-14(12(11)2)23-17(19-20-21-23)25-10-16(24)22(3)9-13-7-8-15(18)26-13/h4-8H,9-10H2,1-3H3. The van der Waals surface area contributed by atoms with Gasteiger partial charge in [-0.1, -0.05) is 35.5 Å². The molecular weight excluding hydrogens is 390 g/mol. The average molecular weight is 408 g/mol. The van der Waals surface area contributed by atoms with Gasteiger partial charge < -0.3 is 4.90 Å². The number of carbonyl (C=O) groups is 1. The number of tetrazole rings is 1. The van der Waals surface area contributed by atoms with Gasteiger partial charge in [-0.3, -0.25) is 4.79 Å². The van der Waals surface area contributed by atoms with Gasteiger partial charge in [-0.05, 0) is 53.6 Å². The third-order valence-corrected chi connectivity index (χ3v) is 6.14. The molecule has 0 atom stereocenters. The van der Waals surface area contributed by atoms with Gasteiger partial charge in [0.2, 0.25) is 11.1 Å². The van der Waals surface area contributed by atoms with E-state index in [1.165, 1.54) is 28.7 Å². The molecule has 0 aliphatic heterocycles. The van der Waals surface area contributed by atoms with Crippen LogP contribution in [0.2, 0.25) is 4.34 Å². The summed E-state index contributed by atoms with van der Waals surface area (Å²) in [6.07, 6.45) is 0. The van der Waals surface area contributed by atoms with Crippen molar-refractivity contribution in [1.29, 1.82) is 0 Å². The summed E-state index contributed by atoms with van der Waals surface area (Å²) >= 11 is 8.75. The van der Waals surface area contributed by atoms with Crippen LogP contribution in [0, 0.1) is 13.8 Å². The molecule has 0 unspecified atom stereocenters. The van der Waals surface area contributed by atoms with Crippen LogP contribution in [0.1, 0.15) is 16.0 Å². The number of rotatable bonds is 6. The Morgan fingerprint density at radius 2 is 2.12 bits per heavy atom. The lowest BCUT2D eigenvalue weighted by molar-refractivity contribution is -0.127. The predicted octanol–water partition coefficient (Wildman–Crippen LogP) is 3.74. The number of benzene rings is 1. The molecule has 0 spiro atoms. The molecule has 3 aromatic rings. The molecule has 6 nitrogen and oxygen atoms in total. The molecule has 3 rings (SSSR count). The van der Waals surface area contributed by atoms with Gasteiger partial charge in [-0.15, -0.1) is 16.4 Å². The van der Waals surface area contributed by atoms with Crippen LogP contribution in [0.25, 0.3) is 5.69 Å². The van der Waals surface area contributed by atoms with E-state index in [9.17, 15) is 4.79 Å². The molecule has 0 saturated carbocycles. The number of aromatic nitrogens is 4. The van der Waals surface area contributed by atoms with Crippen LogP contribution in [0.5, 0.6) is 0 Å². The Labute approximate surface area is 165 Å². The van der Waals surface area contributed by atoms with Gasteiger partial charge in [0.05, 0.1) is 22.3 Å². The van der Waals surface area contributed by atoms with E-state index in [4.69, 9.17) is 11.6 Å². The van der Waals surface area contributed by atoms with E-state index in [-0.39, 0.29) is 11.7 Å². The van der Waals surface area contributed by atoms with Crippen LogP contribution in [0.3, 0.4) is 0 Å². The Bertz CT molecular complexity index is 924. The van der Waals surface area contributed by atoms with Crippen molar-refractivity contribution in [2.75, 3.05) is 12.8 Å². The quantitative estimate of drug-likeness (QED) is 0.582. The number of thioether (sulfide) groups is 1. The van der Waals surface area contributed by atoms with Crippen molar-refractivity contribution >= 4 is 40.6 Å². The first-order valence-corrected chi connectivity index (χ1v) is 10.1. The van der Waals surface area contributed by atoms with E-state index in [1.54, 1.807) is 16.6 Å². The second kappa shape index (κ2) is 8.20.